The van der Waals surface area contributed by atoms with E-state index < -0.39 is 6.04 Å². The van der Waals surface area contributed by atoms with Gasteiger partial charge in [0.05, 0.1) is 10.7 Å². The fourth-order valence-corrected chi connectivity index (χ4v) is 6.77. The van der Waals surface area contributed by atoms with Gasteiger partial charge in [-0.2, -0.15) is 0 Å². The number of carbonyl (C=O) groups excluding carboxylic acids is 2. The minimum atomic E-state index is -0.663. The fourth-order valence-electron chi connectivity index (χ4n) is 6.19. The van der Waals surface area contributed by atoms with Crippen molar-refractivity contribution in [3.8, 4) is 0 Å². The Kier molecular flexibility index (Phi) is 9.72. The number of benzene rings is 3. The van der Waals surface area contributed by atoms with Gasteiger partial charge in [0, 0.05) is 69.4 Å². The van der Waals surface area contributed by atoms with Gasteiger partial charge in [-0.15, -0.1) is 11.3 Å². The number of thiazole rings is 1. The maximum atomic E-state index is 14.5. The number of nitrogens with zero attached hydrogens (tertiary/aromatic N) is 5. The molecule has 3 aromatic carbocycles. The molecule has 7 nitrogen and oxygen atoms in total. The summed E-state index contributed by atoms with van der Waals surface area (Å²) < 4.78 is 0. The third kappa shape index (κ3) is 7.70. The SMILES string of the molecule is Cc1nc(C=CC(=O)N(Cc2ccc(N3CCN(C)CC3)cc2)C(Cc2ccccc2)C(=O)N2CCc3ccccc3C2)cs1. The lowest BCUT2D eigenvalue weighted by Crippen LogP contribution is -2.52. The van der Waals surface area contributed by atoms with E-state index in [1.165, 1.54) is 16.8 Å². The maximum absolute atomic E-state index is 14.5. The molecule has 0 aliphatic carbocycles. The summed E-state index contributed by atoms with van der Waals surface area (Å²) in [6.07, 6.45) is 4.58. The molecule has 1 unspecified atom stereocenters. The van der Waals surface area contributed by atoms with Crippen molar-refractivity contribution in [2.24, 2.45) is 0 Å². The van der Waals surface area contributed by atoms with Crippen LogP contribution in [0, 0.1) is 6.92 Å². The second-order valence-corrected chi connectivity index (χ2v) is 13.1. The molecular formula is C37H41N5O2S. The van der Waals surface area contributed by atoms with Gasteiger partial charge in [0.15, 0.2) is 0 Å². The van der Waals surface area contributed by atoms with Crippen molar-refractivity contribution in [1.82, 2.24) is 19.7 Å². The number of amides is 2. The van der Waals surface area contributed by atoms with E-state index in [4.69, 9.17) is 0 Å². The van der Waals surface area contributed by atoms with Gasteiger partial charge in [0.25, 0.3) is 0 Å². The Morgan fingerprint density at radius 3 is 2.31 bits per heavy atom. The van der Waals surface area contributed by atoms with Gasteiger partial charge < -0.3 is 19.6 Å². The number of likely N-dealkylation sites (N-methyl/N-ethyl adjacent to an activating group) is 1. The van der Waals surface area contributed by atoms with E-state index in [9.17, 15) is 9.59 Å². The molecule has 0 radical (unpaired) electrons. The zero-order chi connectivity index (χ0) is 31.2. The van der Waals surface area contributed by atoms with Crippen LogP contribution in [-0.2, 0) is 35.5 Å². The molecule has 2 aliphatic heterocycles. The summed E-state index contributed by atoms with van der Waals surface area (Å²) >= 11 is 1.55. The Balaban J connectivity index is 1.31. The highest BCUT2D eigenvalue weighted by atomic mass is 32.1. The fraction of sp³-hybridized carbons (Fsp3) is 0.324. The van der Waals surface area contributed by atoms with Gasteiger partial charge in [-0.05, 0) is 60.9 Å². The Morgan fingerprint density at radius 1 is 0.889 bits per heavy atom. The van der Waals surface area contributed by atoms with Crippen LogP contribution in [0.1, 0.15) is 33.0 Å². The maximum Gasteiger partial charge on any atom is 0.247 e. The highest BCUT2D eigenvalue weighted by Crippen LogP contribution is 2.24. The molecule has 0 spiro atoms. The van der Waals surface area contributed by atoms with Gasteiger partial charge in [0.2, 0.25) is 11.8 Å². The number of carbonyl (C=O) groups is 2. The summed E-state index contributed by atoms with van der Waals surface area (Å²) in [6.45, 7) is 7.54. The standard InChI is InChI=1S/C37H41N5O2S/c1-28-38-33(27-45-28)14-17-36(43)42(25-30-12-15-34(16-13-30)40-22-20-39(2)21-23-40)35(24-29-8-4-3-5-9-29)37(44)41-19-18-31-10-6-7-11-32(31)26-41/h3-17,27,35H,18-26H2,1-2H3. The van der Waals surface area contributed by atoms with Crippen LogP contribution < -0.4 is 4.90 Å². The van der Waals surface area contributed by atoms with Crippen molar-refractivity contribution in [3.63, 3.8) is 0 Å². The first-order valence-corrected chi connectivity index (χ1v) is 16.6. The lowest BCUT2D eigenvalue weighted by molar-refractivity contribution is -0.144. The van der Waals surface area contributed by atoms with Gasteiger partial charge in [0.1, 0.15) is 6.04 Å². The molecule has 0 bridgehead atoms. The molecular weight excluding hydrogens is 579 g/mol. The second-order valence-electron chi connectivity index (χ2n) is 12.0. The van der Waals surface area contributed by atoms with Crippen LogP contribution in [-0.4, -0.2) is 77.3 Å². The number of hydrogen-bond acceptors (Lipinski definition) is 6. The van der Waals surface area contributed by atoms with Crippen LogP contribution >= 0.6 is 11.3 Å². The van der Waals surface area contributed by atoms with Crippen LogP contribution in [0.25, 0.3) is 6.08 Å². The Bertz CT molecular complexity index is 1630. The number of anilines is 1. The lowest BCUT2D eigenvalue weighted by Gasteiger charge is -2.37. The first-order chi connectivity index (χ1) is 21.9. The largest absolute Gasteiger partial charge is 0.369 e. The molecule has 2 aliphatic rings. The summed E-state index contributed by atoms with van der Waals surface area (Å²) in [6, 6.07) is 26.2. The number of piperazine rings is 1. The second kappa shape index (κ2) is 14.2. The number of aromatic nitrogens is 1. The molecule has 4 aromatic rings. The molecule has 45 heavy (non-hydrogen) atoms. The van der Waals surface area contributed by atoms with Crippen molar-refractivity contribution < 1.29 is 9.59 Å². The van der Waals surface area contributed by atoms with Crippen LogP contribution in [0.2, 0.25) is 0 Å². The van der Waals surface area contributed by atoms with Crippen molar-refractivity contribution in [1.29, 1.82) is 0 Å². The van der Waals surface area contributed by atoms with Crippen LogP contribution in [0.3, 0.4) is 0 Å². The van der Waals surface area contributed by atoms with Crippen molar-refractivity contribution in [2.45, 2.75) is 38.9 Å². The van der Waals surface area contributed by atoms with Gasteiger partial charge in [-0.1, -0.05) is 66.7 Å². The lowest BCUT2D eigenvalue weighted by atomic mass is 9.97. The zero-order valence-corrected chi connectivity index (χ0v) is 27.0. The average molecular weight is 620 g/mol. The molecule has 1 atom stereocenters. The normalized spacial score (nSPS) is 16.0. The Labute approximate surface area is 270 Å². The number of rotatable bonds is 9. The Morgan fingerprint density at radius 2 is 1.60 bits per heavy atom. The highest BCUT2D eigenvalue weighted by molar-refractivity contribution is 7.09. The van der Waals surface area contributed by atoms with Crippen LogP contribution in [0.4, 0.5) is 5.69 Å². The van der Waals surface area contributed by atoms with E-state index in [2.05, 4.69) is 64.3 Å². The topological polar surface area (TPSA) is 60.0 Å². The monoisotopic (exact) mass is 619 g/mol. The predicted octanol–water partition coefficient (Wildman–Crippen LogP) is 5.44. The predicted molar refractivity (Wildman–Crippen MR) is 182 cm³/mol. The quantitative estimate of drug-likeness (QED) is 0.234. The molecule has 232 valence electrons. The molecule has 2 amide bonds. The number of aryl methyl sites for hydroxylation is 1. The molecule has 0 saturated carbocycles. The Hall–Kier alpha value is -4.27. The van der Waals surface area contributed by atoms with E-state index in [-0.39, 0.29) is 11.8 Å². The molecule has 1 saturated heterocycles. The zero-order valence-electron chi connectivity index (χ0n) is 26.1. The molecule has 0 N–H and O–H groups in total. The first kappa shape index (κ1) is 30.7. The molecule has 6 rings (SSSR count). The van der Waals surface area contributed by atoms with Crippen LogP contribution in [0.15, 0.2) is 90.3 Å². The molecule has 3 heterocycles. The van der Waals surface area contributed by atoms with E-state index in [1.54, 1.807) is 28.4 Å². The smallest absolute Gasteiger partial charge is 0.247 e. The van der Waals surface area contributed by atoms with E-state index in [0.29, 0.717) is 26.1 Å². The minimum absolute atomic E-state index is 0.0198. The molecule has 8 heteroatoms. The minimum Gasteiger partial charge on any atom is -0.369 e. The van der Waals surface area contributed by atoms with Crippen molar-refractivity contribution in [3.05, 3.63) is 123 Å². The third-order valence-electron chi connectivity index (χ3n) is 8.85. The number of hydrogen-bond donors (Lipinski definition) is 0. The van der Waals surface area contributed by atoms with Gasteiger partial charge >= 0.3 is 0 Å². The summed E-state index contributed by atoms with van der Waals surface area (Å²) in [5.74, 6) is -0.218. The first-order valence-electron chi connectivity index (χ1n) is 15.8. The molecule has 1 fully saturated rings. The van der Waals surface area contributed by atoms with E-state index in [1.807, 2.05) is 53.6 Å². The van der Waals surface area contributed by atoms with E-state index >= 15 is 0 Å². The average Bonchev–Trinajstić information content (AvgIpc) is 3.50. The summed E-state index contributed by atoms with van der Waals surface area (Å²) in [5.41, 5.74) is 6.42. The third-order valence-corrected chi connectivity index (χ3v) is 9.64. The van der Waals surface area contributed by atoms with Crippen molar-refractivity contribution in [2.75, 3.05) is 44.7 Å². The van der Waals surface area contributed by atoms with Gasteiger partial charge in [-0.3, -0.25) is 9.59 Å². The van der Waals surface area contributed by atoms with Crippen molar-refractivity contribution >= 4 is 34.9 Å². The van der Waals surface area contributed by atoms with E-state index in [0.717, 1.165) is 54.4 Å². The number of fused-ring (bicyclic) bond motifs is 1. The summed E-state index contributed by atoms with van der Waals surface area (Å²) in [4.78, 5) is 41.6. The van der Waals surface area contributed by atoms with Gasteiger partial charge in [-0.25, -0.2) is 4.98 Å². The highest BCUT2D eigenvalue weighted by Gasteiger charge is 2.34. The summed E-state index contributed by atoms with van der Waals surface area (Å²) in [7, 11) is 2.16. The summed E-state index contributed by atoms with van der Waals surface area (Å²) in [5, 5.41) is 2.89. The van der Waals surface area contributed by atoms with Crippen LogP contribution in [0.5, 0.6) is 0 Å². The molecule has 1 aromatic heterocycles.